The minimum Gasteiger partial charge on any atom is -0.313 e. The molecule has 2 aliphatic heterocycles. The molecule has 0 spiro atoms. The largest absolute Gasteiger partial charge is 0.313 e. The number of halogens is 2. The number of nitrogens with zero attached hydrogens (tertiary/aromatic N) is 2. The molecule has 0 N–H and O–H groups in total. The highest BCUT2D eigenvalue weighted by atomic mass is 79.9. The Bertz CT molecular complexity index is 844. The lowest BCUT2D eigenvalue weighted by Gasteiger charge is -2.25. The molecule has 2 aliphatic rings. The summed E-state index contributed by atoms with van der Waals surface area (Å²) in [4.78, 5) is 18.0. The van der Waals surface area contributed by atoms with E-state index in [2.05, 4.69) is 20.9 Å². The lowest BCUT2D eigenvalue weighted by molar-refractivity contribution is -0.121. The Morgan fingerprint density at radius 3 is 2.84 bits per heavy atom. The molecule has 136 valence electrons. The van der Waals surface area contributed by atoms with Gasteiger partial charge in [-0.3, -0.25) is 4.79 Å². The summed E-state index contributed by atoms with van der Waals surface area (Å²) in [5, 5.41) is 0.146. The summed E-state index contributed by atoms with van der Waals surface area (Å²) in [5.41, 5.74) is 0.246. The van der Waals surface area contributed by atoms with Gasteiger partial charge in [0.25, 0.3) is 5.91 Å². The molecule has 0 saturated carbocycles. The van der Waals surface area contributed by atoms with Gasteiger partial charge >= 0.3 is 0 Å². The number of amides is 1. The molecule has 1 amide bonds. The zero-order chi connectivity index (χ0) is 18.4. The number of aliphatic imine (C=N–C) groups is 1. The summed E-state index contributed by atoms with van der Waals surface area (Å²) < 4.78 is 39.1. The van der Waals surface area contributed by atoms with Crippen LogP contribution in [0.3, 0.4) is 0 Å². The zero-order valence-electron chi connectivity index (χ0n) is 13.8. The van der Waals surface area contributed by atoms with Gasteiger partial charge in [0, 0.05) is 15.6 Å². The molecule has 9 heteroatoms. The standard InChI is InChI=1S/C16H18BrFN2O3S2/c1-3-9(2)15(21)19-16-20(12-5-4-10(17)6-11(12)18)13-7-25(22,23)8-14(13)24-16/h4-6,9,13-14H,3,7-8H2,1-2H3/t9-,13+,14+/m0/s1. The molecule has 0 unspecified atom stereocenters. The number of fused-ring (bicyclic) bond motifs is 1. The van der Waals surface area contributed by atoms with Gasteiger partial charge in [-0.1, -0.05) is 41.5 Å². The van der Waals surface area contributed by atoms with Crippen molar-refractivity contribution >= 4 is 54.3 Å². The van der Waals surface area contributed by atoms with Gasteiger partial charge in [-0.15, -0.1) is 0 Å². The van der Waals surface area contributed by atoms with E-state index in [0.717, 1.165) is 0 Å². The lowest BCUT2D eigenvalue weighted by atomic mass is 10.1. The first-order valence-corrected chi connectivity index (χ1v) is 11.4. The predicted octanol–water partition coefficient (Wildman–Crippen LogP) is 3.24. The number of hydrogen-bond acceptors (Lipinski definition) is 4. The molecule has 0 aliphatic carbocycles. The molecule has 2 saturated heterocycles. The van der Waals surface area contributed by atoms with Crippen LogP contribution < -0.4 is 4.90 Å². The van der Waals surface area contributed by atoms with E-state index in [1.165, 1.54) is 17.8 Å². The Morgan fingerprint density at radius 2 is 2.20 bits per heavy atom. The van der Waals surface area contributed by atoms with Crippen molar-refractivity contribution in [2.75, 3.05) is 16.4 Å². The van der Waals surface area contributed by atoms with Crippen LogP contribution in [0.2, 0.25) is 0 Å². The maximum atomic E-state index is 14.5. The minimum absolute atomic E-state index is 0.0214. The minimum atomic E-state index is -3.17. The molecule has 25 heavy (non-hydrogen) atoms. The summed E-state index contributed by atoms with van der Waals surface area (Å²) in [6.45, 7) is 3.69. The summed E-state index contributed by atoms with van der Waals surface area (Å²) >= 11 is 4.47. The third-order valence-electron chi connectivity index (χ3n) is 4.48. The molecule has 0 bridgehead atoms. The number of sulfone groups is 1. The van der Waals surface area contributed by atoms with Crippen LogP contribution in [-0.2, 0) is 14.6 Å². The third-order valence-corrected chi connectivity index (χ3v) is 8.18. The van der Waals surface area contributed by atoms with E-state index in [0.29, 0.717) is 16.1 Å². The number of carbonyl (C=O) groups excluding carboxylic acids is 1. The number of rotatable bonds is 3. The van der Waals surface area contributed by atoms with Crippen molar-refractivity contribution in [3.63, 3.8) is 0 Å². The van der Waals surface area contributed by atoms with Gasteiger partial charge in [-0.05, 0) is 24.6 Å². The Morgan fingerprint density at radius 1 is 1.48 bits per heavy atom. The number of carbonyl (C=O) groups is 1. The van der Waals surface area contributed by atoms with E-state index in [4.69, 9.17) is 0 Å². The van der Waals surface area contributed by atoms with Crippen LogP contribution in [0.15, 0.2) is 27.7 Å². The van der Waals surface area contributed by atoms with Crippen LogP contribution >= 0.6 is 27.7 Å². The Kier molecular flexibility index (Phi) is 5.28. The van der Waals surface area contributed by atoms with E-state index in [-0.39, 0.29) is 34.3 Å². The molecule has 3 rings (SSSR count). The molecule has 5 nitrogen and oxygen atoms in total. The van der Waals surface area contributed by atoms with Crippen molar-refractivity contribution in [3.8, 4) is 0 Å². The van der Waals surface area contributed by atoms with Gasteiger partial charge in [-0.2, -0.15) is 4.99 Å². The van der Waals surface area contributed by atoms with Crippen LogP contribution in [0.1, 0.15) is 20.3 Å². The van der Waals surface area contributed by atoms with Crippen LogP contribution in [0, 0.1) is 11.7 Å². The highest BCUT2D eigenvalue weighted by molar-refractivity contribution is 9.10. The zero-order valence-corrected chi connectivity index (χ0v) is 17.0. The number of benzene rings is 1. The number of thioether (sulfide) groups is 1. The average molecular weight is 449 g/mol. The van der Waals surface area contributed by atoms with Crippen molar-refractivity contribution in [1.82, 2.24) is 0 Å². The summed E-state index contributed by atoms with van der Waals surface area (Å²) in [7, 11) is -3.17. The molecular weight excluding hydrogens is 431 g/mol. The van der Waals surface area contributed by atoms with Gasteiger partial charge in [0.05, 0.1) is 23.2 Å². The Hall–Kier alpha value is -0.930. The topological polar surface area (TPSA) is 66.8 Å². The maximum Gasteiger partial charge on any atom is 0.250 e. The van der Waals surface area contributed by atoms with Crippen molar-refractivity contribution in [1.29, 1.82) is 0 Å². The predicted molar refractivity (Wildman–Crippen MR) is 102 cm³/mol. The van der Waals surface area contributed by atoms with Crippen LogP contribution in [-0.4, -0.2) is 42.3 Å². The van der Waals surface area contributed by atoms with Crippen molar-refractivity contribution in [2.45, 2.75) is 31.6 Å². The summed E-state index contributed by atoms with van der Waals surface area (Å²) in [6.07, 6.45) is 0.661. The molecular formula is C16H18BrFN2O3S2. The first-order valence-electron chi connectivity index (χ1n) is 7.95. The highest BCUT2D eigenvalue weighted by Gasteiger charge is 2.50. The van der Waals surface area contributed by atoms with Crippen LogP contribution in [0.4, 0.5) is 10.1 Å². The second-order valence-electron chi connectivity index (χ2n) is 6.31. The Balaban J connectivity index is 2.04. The SMILES string of the molecule is CC[C@H](C)C(=O)N=C1S[C@@H]2CS(=O)(=O)C[C@H]2N1c1ccc(Br)cc1F. The molecule has 0 radical (unpaired) electrons. The van der Waals surface area contributed by atoms with Gasteiger partial charge in [0.1, 0.15) is 5.82 Å². The van der Waals surface area contributed by atoms with Crippen LogP contribution in [0.25, 0.3) is 0 Å². The monoisotopic (exact) mass is 448 g/mol. The van der Waals surface area contributed by atoms with Crippen molar-refractivity contribution < 1.29 is 17.6 Å². The molecule has 2 fully saturated rings. The van der Waals surface area contributed by atoms with Gasteiger partial charge in [0.15, 0.2) is 15.0 Å². The number of amidine groups is 1. The number of anilines is 1. The quantitative estimate of drug-likeness (QED) is 0.709. The van der Waals surface area contributed by atoms with Gasteiger partial charge in [-0.25, -0.2) is 12.8 Å². The average Bonchev–Trinajstić information content (AvgIpc) is 2.98. The molecule has 1 aromatic rings. The first-order chi connectivity index (χ1) is 11.7. The second-order valence-corrected chi connectivity index (χ2v) is 10.6. The fraction of sp³-hybridized carbons (Fsp3) is 0.500. The van der Waals surface area contributed by atoms with E-state index in [9.17, 15) is 17.6 Å². The molecule has 1 aromatic carbocycles. The highest BCUT2D eigenvalue weighted by Crippen LogP contribution is 2.42. The lowest BCUT2D eigenvalue weighted by Crippen LogP contribution is -2.38. The van der Waals surface area contributed by atoms with Crippen LogP contribution in [0.5, 0.6) is 0 Å². The van der Waals surface area contributed by atoms with Crippen molar-refractivity contribution in [2.24, 2.45) is 10.9 Å². The van der Waals surface area contributed by atoms with E-state index in [1.807, 2.05) is 6.92 Å². The second kappa shape index (κ2) is 7.00. The summed E-state index contributed by atoms with van der Waals surface area (Å²) in [5.74, 6) is -1.02. The van der Waals surface area contributed by atoms with Gasteiger partial charge in [0.2, 0.25) is 0 Å². The smallest absolute Gasteiger partial charge is 0.250 e. The normalized spacial score (nSPS) is 27.5. The first kappa shape index (κ1) is 18.8. The third kappa shape index (κ3) is 3.78. The number of hydrogen-bond donors (Lipinski definition) is 0. The van der Waals surface area contributed by atoms with Crippen molar-refractivity contribution in [3.05, 3.63) is 28.5 Å². The molecule has 3 atom stereocenters. The fourth-order valence-electron chi connectivity index (χ4n) is 2.90. The van der Waals surface area contributed by atoms with E-state index < -0.39 is 21.7 Å². The molecule has 0 aromatic heterocycles. The van der Waals surface area contributed by atoms with E-state index in [1.54, 1.807) is 24.0 Å². The summed E-state index contributed by atoms with van der Waals surface area (Å²) in [6, 6.07) is 4.18. The fourth-order valence-corrected chi connectivity index (χ4v) is 7.15. The van der Waals surface area contributed by atoms with E-state index >= 15 is 0 Å². The molecule has 2 heterocycles. The maximum absolute atomic E-state index is 14.5. The Labute approximate surface area is 159 Å². The van der Waals surface area contributed by atoms with Gasteiger partial charge < -0.3 is 4.90 Å².